The highest BCUT2D eigenvalue weighted by Gasteiger charge is 2.20. The number of phenolic OH excluding ortho intramolecular Hbond substituents is 2. The number of nitrogens with zero attached hydrogens (tertiary/aromatic N) is 6. The Kier molecular flexibility index (Phi) is 33.7. The molecule has 0 aliphatic rings. The Morgan fingerprint density at radius 2 is 0.964 bits per heavy atom. The third-order valence-corrected chi connectivity index (χ3v) is 11.2. The third-order valence-electron chi connectivity index (χ3n) is 11.2. The lowest BCUT2D eigenvalue weighted by Crippen LogP contribution is -2.07. The average Bonchev–Trinajstić information content (AvgIpc) is 3.54. The lowest BCUT2D eigenvalue weighted by atomic mass is 10.0. The van der Waals surface area contributed by atoms with Crippen molar-refractivity contribution < 1.29 is 68.1 Å². The fourth-order valence-corrected chi connectivity index (χ4v) is 6.04. The fraction of sp³-hybridized carbons (Fsp3) is 0.271. The Hall–Kier alpha value is -11.7. The molecule has 442 valence electrons. The van der Waals surface area contributed by atoms with Crippen LogP contribution in [-0.2, 0) is 23.8 Å². The summed E-state index contributed by atoms with van der Waals surface area (Å²) < 4.78 is 23.8. The number of rotatable bonds is 11. The molecule has 0 spiro atoms. The largest absolute Gasteiger partial charge is 0.508 e. The summed E-state index contributed by atoms with van der Waals surface area (Å²) in [5, 5.41) is 87.8. The van der Waals surface area contributed by atoms with Gasteiger partial charge in [0, 0.05) is 45.5 Å². The molecule has 0 aromatic heterocycles. The predicted octanol–water partition coefficient (Wildman–Crippen LogP) is 8.07. The Bertz CT molecular complexity index is 3450. The van der Waals surface area contributed by atoms with Crippen LogP contribution in [0, 0.1) is 103 Å². The SMILES string of the molecule is CCC(=O)CC(=O)OC.CCOC(=O)c1cc(C#N)c(N)c(C)c1O.CCOC=C(C#N)C#N.COc1ccc(C#N)c(N)c1C.COc1ccc(C(C)=O)c(N)c1C.Cc1c(N)c(C#N)cc(C(=O)O)c1O.Cc1c(O)ccc(C#N)c1N. The maximum absolute atomic E-state index is 11.5. The van der Waals surface area contributed by atoms with Gasteiger partial charge in [0.1, 0.15) is 94.8 Å². The number of ketones is 2. The molecule has 0 bridgehead atoms. The lowest BCUT2D eigenvalue weighted by Gasteiger charge is -2.10. The van der Waals surface area contributed by atoms with E-state index in [1.165, 1.54) is 46.1 Å². The van der Waals surface area contributed by atoms with Crippen molar-refractivity contribution in [1.29, 1.82) is 31.6 Å². The fourth-order valence-electron chi connectivity index (χ4n) is 6.04. The van der Waals surface area contributed by atoms with Gasteiger partial charge < -0.3 is 72.8 Å². The minimum Gasteiger partial charge on any atom is -0.508 e. The van der Waals surface area contributed by atoms with Crippen molar-refractivity contribution in [3.63, 3.8) is 0 Å². The number of nitriles is 6. The van der Waals surface area contributed by atoms with E-state index in [1.54, 1.807) is 84.4 Å². The number of anilines is 5. The van der Waals surface area contributed by atoms with E-state index in [0.29, 0.717) is 69.4 Å². The second-order valence-electron chi connectivity index (χ2n) is 16.5. The Labute approximate surface area is 486 Å². The number of ether oxygens (including phenoxy) is 5. The van der Waals surface area contributed by atoms with E-state index in [-0.39, 0.29) is 80.9 Å². The first-order valence-corrected chi connectivity index (χ1v) is 24.4. The molecule has 0 fully saturated rings. The van der Waals surface area contributed by atoms with E-state index >= 15 is 0 Å². The molecule has 0 saturated carbocycles. The average molecular weight is 1150 g/mol. The maximum Gasteiger partial charge on any atom is 0.341 e. The standard InChI is InChI=1S/C11H12N2O3.C10H13NO2.C9H8N2O3.C9H10N2O.C8H8N2O.C6H6N2O.C6H10O3/c1-3-16-11(15)8-4-7(5-12)9(13)6(2)10(8)14;1-6-9(13-3)5-4-8(7(2)12)10(6)11;1-4-7(11)5(3-10)2-6(8(4)12)9(13)14;1-6-8(12-2)4-3-7(5-10)9(6)11;1-5-7(11)3-2-6(4-9)8(5)10;1-2-9-5-6(3-7)4-8;1-3-5(7)4-6(8)9-2/h4,14H,3,13H2,1-2H3;4-5H,11H2,1-3H3;2,12H,11H2,1H3,(H,13,14);3-4H,11H2,1-2H3;2-3,11H,10H2,1H3;5H,2H2,1H3;3-4H2,1-2H3. The molecule has 84 heavy (non-hydrogen) atoms. The summed E-state index contributed by atoms with van der Waals surface area (Å²) in [6.07, 6.45) is 1.46. The minimum absolute atomic E-state index is 0.00292. The van der Waals surface area contributed by atoms with Gasteiger partial charge in [-0.2, -0.15) is 31.6 Å². The highest BCUT2D eigenvalue weighted by atomic mass is 16.5. The van der Waals surface area contributed by atoms with Gasteiger partial charge in [0.05, 0.1) is 79.5 Å². The first-order chi connectivity index (χ1) is 39.5. The summed E-state index contributed by atoms with van der Waals surface area (Å²) in [5.41, 5.74) is 33.7. The number of hydrogen-bond donors (Lipinski definition) is 9. The van der Waals surface area contributed by atoms with Gasteiger partial charge in [-0.05, 0) is 104 Å². The first-order valence-electron chi connectivity index (χ1n) is 24.4. The van der Waals surface area contributed by atoms with Crippen molar-refractivity contribution in [1.82, 2.24) is 0 Å². The molecule has 0 aliphatic carbocycles. The molecule has 5 aromatic carbocycles. The molecule has 0 saturated heterocycles. The van der Waals surface area contributed by atoms with Crippen molar-refractivity contribution in [2.75, 3.05) is 63.2 Å². The van der Waals surface area contributed by atoms with Crippen molar-refractivity contribution in [2.45, 2.75) is 75.2 Å². The van der Waals surface area contributed by atoms with Crippen molar-refractivity contribution >= 4 is 57.9 Å². The number of hydrogen-bond acceptors (Lipinski definition) is 24. The number of aromatic carboxylic acids is 1. The second-order valence-corrected chi connectivity index (χ2v) is 16.5. The van der Waals surface area contributed by atoms with Crippen molar-refractivity contribution in [3.05, 3.63) is 127 Å². The zero-order chi connectivity index (χ0) is 65.1. The normalized spacial score (nSPS) is 9.02. The van der Waals surface area contributed by atoms with Crippen LogP contribution >= 0.6 is 0 Å². The molecule has 0 amide bonds. The summed E-state index contributed by atoms with van der Waals surface area (Å²) in [6.45, 7) is 15.7. The zero-order valence-corrected chi connectivity index (χ0v) is 48.5. The molecule has 0 radical (unpaired) electrons. The van der Waals surface area contributed by atoms with Gasteiger partial charge in [-0.15, -0.1) is 0 Å². The number of carbonyl (C=O) groups excluding carboxylic acids is 4. The number of benzene rings is 5. The molecule has 25 heteroatoms. The number of esters is 2. The van der Waals surface area contributed by atoms with E-state index in [4.69, 9.17) is 84.7 Å². The summed E-state index contributed by atoms with van der Waals surface area (Å²) in [5.74, 6) is -1.60. The number of carbonyl (C=O) groups is 5. The topological polar surface area (TPSA) is 485 Å². The maximum atomic E-state index is 11.5. The lowest BCUT2D eigenvalue weighted by molar-refractivity contribution is -0.143. The van der Waals surface area contributed by atoms with Crippen LogP contribution in [0.3, 0.4) is 0 Å². The number of carboxylic acids is 1. The van der Waals surface area contributed by atoms with Crippen LogP contribution in [0.5, 0.6) is 28.7 Å². The van der Waals surface area contributed by atoms with E-state index in [2.05, 4.69) is 9.47 Å². The summed E-state index contributed by atoms with van der Waals surface area (Å²) >= 11 is 0. The second kappa shape index (κ2) is 38.0. The van der Waals surface area contributed by atoms with Gasteiger partial charge in [-0.1, -0.05) is 6.92 Å². The number of methoxy groups -OCH3 is 3. The molecule has 0 unspecified atom stereocenters. The van der Waals surface area contributed by atoms with E-state index in [9.17, 15) is 34.2 Å². The number of nitrogens with two attached hydrogens (primary N) is 5. The smallest absolute Gasteiger partial charge is 0.341 e. The van der Waals surface area contributed by atoms with Crippen LogP contribution in [0.15, 0.2) is 60.4 Å². The summed E-state index contributed by atoms with van der Waals surface area (Å²) in [4.78, 5) is 54.0. The van der Waals surface area contributed by atoms with Gasteiger partial charge in [-0.25, -0.2) is 9.59 Å². The van der Waals surface area contributed by atoms with E-state index < -0.39 is 23.7 Å². The van der Waals surface area contributed by atoms with E-state index in [0.717, 1.165) is 23.5 Å². The number of aromatic hydroxyl groups is 3. The number of nitrogen functional groups attached to an aromatic ring is 5. The van der Waals surface area contributed by atoms with Gasteiger partial charge >= 0.3 is 17.9 Å². The first kappa shape index (κ1) is 74.4. The molecule has 0 aliphatic heterocycles. The van der Waals surface area contributed by atoms with Gasteiger partial charge in [-0.3, -0.25) is 14.4 Å². The van der Waals surface area contributed by atoms with Crippen LogP contribution in [0.2, 0.25) is 0 Å². The molecule has 25 nitrogen and oxygen atoms in total. The Morgan fingerprint density at radius 1 is 0.548 bits per heavy atom. The summed E-state index contributed by atoms with van der Waals surface area (Å²) in [6, 6.07) is 23.0. The number of carboxylic acid groups (broad SMARTS) is 1. The molecule has 5 aromatic rings. The highest BCUT2D eigenvalue weighted by Crippen LogP contribution is 2.32. The highest BCUT2D eigenvalue weighted by molar-refractivity contribution is 6.00. The Morgan fingerprint density at radius 3 is 1.36 bits per heavy atom. The van der Waals surface area contributed by atoms with Crippen LogP contribution < -0.4 is 38.1 Å². The number of Topliss-reactive ketones (excluding diaryl/α,β-unsaturated/α-hetero) is 2. The number of allylic oxidation sites excluding steroid dienone is 1. The molecule has 0 heterocycles. The van der Waals surface area contributed by atoms with Crippen LogP contribution in [-0.4, -0.2) is 84.4 Å². The molecule has 5 rings (SSSR count). The number of phenols is 3. The van der Waals surface area contributed by atoms with Crippen LogP contribution in [0.1, 0.15) is 122 Å². The molecule has 14 N–H and O–H groups in total. The quantitative estimate of drug-likeness (QED) is 0.0151. The van der Waals surface area contributed by atoms with Crippen LogP contribution in [0.4, 0.5) is 28.4 Å². The van der Waals surface area contributed by atoms with E-state index in [1.807, 2.05) is 32.1 Å². The van der Waals surface area contributed by atoms with Crippen molar-refractivity contribution in [3.8, 4) is 65.2 Å². The zero-order valence-electron chi connectivity index (χ0n) is 48.5. The molecular weight excluding hydrogens is 1090 g/mol. The molecule has 0 atom stereocenters. The summed E-state index contributed by atoms with van der Waals surface area (Å²) in [7, 11) is 4.42. The third kappa shape index (κ3) is 22.6. The predicted molar refractivity (Wildman–Crippen MR) is 311 cm³/mol. The van der Waals surface area contributed by atoms with Gasteiger partial charge in [0.25, 0.3) is 0 Å². The monoisotopic (exact) mass is 1150 g/mol. The molecular formula is C59H67N11O14. The van der Waals surface area contributed by atoms with Crippen molar-refractivity contribution in [2.24, 2.45) is 0 Å². The van der Waals surface area contributed by atoms with Gasteiger partial charge in [0.2, 0.25) is 0 Å². The van der Waals surface area contributed by atoms with Crippen LogP contribution in [0.25, 0.3) is 0 Å². The minimum atomic E-state index is -1.29. The van der Waals surface area contributed by atoms with Gasteiger partial charge in [0.15, 0.2) is 11.4 Å². The Balaban J connectivity index is 0.